The van der Waals surface area contributed by atoms with Gasteiger partial charge in [0.05, 0.1) is 26.1 Å². The van der Waals surface area contributed by atoms with Crippen molar-refractivity contribution >= 4 is 40.7 Å². The topological polar surface area (TPSA) is 219 Å². The maximum absolute atomic E-state index is 14.2. The molecule has 4 aromatic rings. The number of aliphatic hydroxyl groups is 2. The van der Waals surface area contributed by atoms with Gasteiger partial charge in [-0.2, -0.15) is 0 Å². The second-order valence-corrected chi connectivity index (χ2v) is 13.9. The smallest absolute Gasteiger partial charge is 0.408 e. The fourth-order valence-corrected chi connectivity index (χ4v) is 6.48. The van der Waals surface area contributed by atoms with Gasteiger partial charge in [-0.3, -0.25) is 14.2 Å². The monoisotopic (exact) mass is 774 g/mol. The highest BCUT2D eigenvalue weighted by molar-refractivity contribution is 5.91. The normalized spacial score (nSPS) is 18.8. The van der Waals surface area contributed by atoms with E-state index in [0.29, 0.717) is 54.0 Å². The van der Waals surface area contributed by atoms with Gasteiger partial charge in [-0.05, 0) is 43.0 Å². The summed E-state index contributed by atoms with van der Waals surface area (Å²) in [6.07, 6.45) is 0.929. The quantitative estimate of drug-likeness (QED) is 0.0865. The first-order chi connectivity index (χ1) is 27.0. The van der Waals surface area contributed by atoms with E-state index < -0.39 is 61.1 Å². The summed E-state index contributed by atoms with van der Waals surface area (Å²) in [5, 5.41) is 30.1. The maximum Gasteiger partial charge on any atom is 0.408 e. The van der Waals surface area contributed by atoms with Crippen molar-refractivity contribution in [2.45, 2.75) is 88.6 Å². The van der Waals surface area contributed by atoms with Crippen LogP contribution in [0.3, 0.4) is 0 Å². The molecule has 5 N–H and O–H groups in total. The van der Waals surface area contributed by atoms with Gasteiger partial charge in [-0.15, -0.1) is 0 Å². The van der Waals surface area contributed by atoms with Gasteiger partial charge in [-0.25, -0.2) is 19.7 Å². The van der Waals surface area contributed by atoms with Crippen LogP contribution in [0.2, 0.25) is 0 Å². The first-order valence-electron chi connectivity index (χ1n) is 18.5. The molecule has 1 saturated heterocycles. The number of methoxy groups -OCH3 is 1. The Morgan fingerprint density at radius 2 is 1.68 bits per heavy atom. The summed E-state index contributed by atoms with van der Waals surface area (Å²) in [6.45, 7) is 0.961. The minimum Gasteiger partial charge on any atom is -0.497 e. The number of ether oxygens (including phenoxy) is 3. The number of aliphatic hydroxyl groups excluding tert-OH is 2. The molecule has 0 bridgehead atoms. The van der Waals surface area contributed by atoms with Gasteiger partial charge in [0.25, 0.3) is 0 Å². The Bertz CT molecular complexity index is 1920. The van der Waals surface area contributed by atoms with E-state index in [1.54, 1.807) is 41.3 Å². The van der Waals surface area contributed by atoms with Crippen molar-refractivity contribution < 1.29 is 43.6 Å². The van der Waals surface area contributed by atoms with Crippen LogP contribution in [0.25, 0.3) is 11.2 Å². The zero-order valence-corrected chi connectivity index (χ0v) is 32.0. The molecule has 1 aliphatic heterocycles. The largest absolute Gasteiger partial charge is 0.497 e. The Morgan fingerprint density at radius 1 is 0.929 bits per heavy atom. The van der Waals surface area contributed by atoms with Crippen LogP contribution in [0.15, 0.2) is 67.3 Å². The van der Waals surface area contributed by atoms with Crippen LogP contribution in [0.5, 0.6) is 5.75 Å². The second kappa shape index (κ2) is 19.8. The molecular formula is C39H50N8O9. The summed E-state index contributed by atoms with van der Waals surface area (Å²) in [5.41, 5.74) is 2.29. The first kappa shape index (κ1) is 41.5. The van der Waals surface area contributed by atoms with Gasteiger partial charge in [0.1, 0.15) is 48.8 Å². The number of amides is 3. The fraction of sp³-hybridized carbons (Fsp3) is 0.462. The lowest BCUT2D eigenvalue weighted by molar-refractivity contribution is -0.131. The lowest BCUT2D eigenvalue weighted by Gasteiger charge is -2.26. The van der Waals surface area contributed by atoms with Gasteiger partial charge in [0.15, 0.2) is 23.2 Å². The standard InChI is InChI=1S/C39H50N8O9/c1-24(49)11-7-5-10-14-28(44-39(53)55-21-26-12-8-6-9-13-26)36(51)43-29(19-25-15-17-27(54-4)18-16-25)37(52)45-31-30(20-48)56-38(33(31)50)47-23-42-32-34(46(2)3)40-22-41-35(32)47/h6,8-9,12-13,15-18,22-23,28-31,33,38,48,50H,5,7,10-11,14,19-21H2,1-4H3,(H,43,51)(H,44,53)(H,45,52)/t28?,29?,30-,31?,33+,38-/m1/s1. The molecule has 5 rings (SSSR count). The Hall–Kier alpha value is -5.65. The van der Waals surface area contributed by atoms with Gasteiger partial charge in [0, 0.05) is 26.9 Å². The number of alkyl carbamates (subject to hydrolysis) is 1. The van der Waals surface area contributed by atoms with Crippen LogP contribution in [0.4, 0.5) is 10.6 Å². The van der Waals surface area contributed by atoms with Crippen molar-refractivity contribution in [2.75, 3.05) is 32.7 Å². The van der Waals surface area contributed by atoms with Gasteiger partial charge >= 0.3 is 6.09 Å². The molecular weight excluding hydrogens is 724 g/mol. The maximum atomic E-state index is 14.2. The third-order valence-electron chi connectivity index (χ3n) is 9.48. The molecule has 3 unspecified atom stereocenters. The van der Waals surface area contributed by atoms with Crippen molar-refractivity contribution in [1.82, 2.24) is 35.5 Å². The molecule has 0 aliphatic carbocycles. The molecule has 0 radical (unpaired) electrons. The average molecular weight is 775 g/mol. The number of hydrogen-bond acceptors (Lipinski definition) is 13. The predicted octanol–water partition coefficient (Wildman–Crippen LogP) is 2.20. The number of hydrogen-bond donors (Lipinski definition) is 5. The van der Waals surface area contributed by atoms with Gasteiger partial charge < -0.3 is 50.1 Å². The number of anilines is 1. The fourth-order valence-electron chi connectivity index (χ4n) is 6.48. The van der Waals surface area contributed by atoms with Crippen LogP contribution in [0, 0.1) is 0 Å². The first-order valence-corrected chi connectivity index (χ1v) is 18.5. The summed E-state index contributed by atoms with van der Waals surface area (Å²) in [6, 6.07) is 12.6. The third-order valence-corrected chi connectivity index (χ3v) is 9.48. The van der Waals surface area contributed by atoms with E-state index in [0.717, 1.165) is 5.56 Å². The Kier molecular flexibility index (Phi) is 14.7. The van der Waals surface area contributed by atoms with Crippen LogP contribution in [-0.2, 0) is 36.9 Å². The van der Waals surface area contributed by atoms with Crippen molar-refractivity contribution in [3.8, 4) is 5.75 Å². The number of imidazole rings is 1. The number of nitrogens with zero attached hydrogens (tertiary/aromatic N) is 5. The Morgan fingerprint density at radius 3 is 2.36 bits per heavy atom. The van der Waals surface area contributed by atoms with E-state index >= 15 is 0 Å². The van der Waals surface area contributed by atoms with E-state index in [1.165, 1.54) is 31.3 Å². The molecule has 300 valence electrons. The highest BCUT2D eigenvalue weighted by Crippen LogP contribution is 2.32. The van der Waals surface area contributed by atoms with Crippen molar-refractivity contribution in [2.24, 2.45) is 0 Å². The number of benzene rings is 2. The van der Waals surface area contributed by atoms with Crippen LogP contribution in [-0.4, -0.2) is 112 Å². The molecule has 1 fully saturated rings. The van der Waals surface area contributed by atoms with E-state index in [9.17, 15) is 29.4 Å². The van der Waals surface area contributed by atoms with Crippen molar-refractivity contribution in [1.29, 1.82) is 0 Å². The van der Waals surface area contributed by atoms with Crippen LogP contribution >= 0.6 is 0 Å². The predicted molar refractivity (Wildman–Crippen MR) is 205 cm³/mol. The molecule has 3 amide bonds. The molecule has 6 atom stereocenters. The number of fused-ring (bicyclic) bond motifs is 1. The summed E-state index contributed by atoms with van der Waals surface area (Å²) in [4.78, 5) is 67.4. The summed E-state index contributed by atoms with van der Waals surface area (Å²) >= 11 is 0. The summed E-state index contributed by atoms with van der Waals surface area (Å²) in [7, 11) is 5.15. The van der Waals surface area contributed by atoms with Gasteiger partial charge in [0.2, 0.25) is 11.8 Å². The zero-order chi connectivity index (χ0) is 40.2. The highest BCUT2D eigenvalue weighted by Gasteiger charge is 2.46. The molecule has 17 heteroatoms. The summed E-state index contributed by atoms with van der Waals surface area (Å²) < 4.78 is 18.3. The molecule has 3 heterocycles. The lowest BCUT2D eigenvalue weighted by Crippen LogP contribution is -2.58. The minimum absolute atomic E-state index is 0.0143. The minimum atomic E-state index is -1.37. The highest BCUT2D eigenvalue weighted by atomic mass is 16.6. The molecule has 1 aliphatic rings. The number of unbranched alkanes of at least 4 members (excludes halogenated alkanes) is 2. The number of rotatable bonds is 19. The van der Waals surface area contributed by atoms with Crippen molar-refractivity contribution in [3.05, 3.63) is 78.4 Å². The van der Waals surface area contributed by atoms with E-state index in [1.807, 2.05) is 32.3 Å². The number of carbonyl (C=O) groups excluding carboxylic acids is 4. The molecule has 56 heavy (non-hydrogen) atoms. The molecule has 17 nitrogen and oxygen atoms in total. The van der Waals surface area contributed by atoms with E-state index in [-0.39, 0.29) is 25.2 Å². The molecule has 0 saturated carbocycles. The zero-order valence-electron chi connectivity index (χ0n) is 32.0. The van der Waals surface area contributed by atoms with Crippen molar-refractivity contribution in [3.63, 3.8) is 0 Å². The number of ketones is 1. The second-order valence-electron chi connectivity index (χ2n) is 13.9. The molecule has 2 aromatic carbocycles. The SMILES string of the molecule is COc1ccc(CC(NC(=O)C(CCCCCC(C)=O)NC(=O)OCc2ccccc2)C(=O)NC2[C@@H](CO)O[C@@H](n3cnc4c(N(C)C)ncnc43)[C@H]2O)cc1. The molecule has 0 spiro atoms. The molecule has 2 aromatic heterocycles. The third kappa shape index (κ3) is 10.8. The number of nitrogens with one attached hydrogen (secondary N) is 3. The number of carbonyl (C=O) groups is 4. The van der Waals surface area contributed by atoms with Crippen LogP contribution < -0.4 is 25.6 Å². The van der Waals surface area contributed by atoms with Crippen LogP contribution in [0.1, 0.15) is 56.4 Å². The number of aromatic nitrogens is 4. The lowest BCUT2D eigenvalue weighted by atomic mass is 10.0. The Balaban J connectivity index is 1.35. The van der Waals surface area contributed by atoms with E-state index in [2.05, 4.69) is 30.9 Å². The van der Waals surface area contributed by atoms with Gasteiger partial charge in [-0.1, -0.05) is 55.3 Å². The number of Topliss-reactive ketones (excluding diaryl/α,β-unsaturated/α-hetero) is 1. The summed E-state index contributed by atoms with van der Waals surface area (Å²) in [5.74, 6) is -0.0915. The van der Waals surface area contributed by atoms with E-state index in [4.69, 9.17) is 14.2 Å². The average Bonchev–Trinajstić information content (AvgIpc) is 3.76. The Labute approximate surface area is 324 Å².